The average molecular weight is 331 g/mol. The topological polar surface area (TPSA) is 61.9 Å². The molecule has 0 spiro atoms. The fourth-order valence-corrected chi connectivity index (χ4v) is 3.32. The smallest absolute Gasteiger partial charge is 0.255 e. The first-order valence-electron chi connectivity index (χ1n) is 8.38. The van der Waals surface area contributed by atoms with Gasteiger partial charge in [-0.15, -0.1) is 0 Å². The quantitative estimate of drug-likeness (QED) is 0.905. The van der Waals surface area contributed by atoms with Crippen molar-refractivity contribution in [3.8, 4) is 0 Å². The third-order valence-electron chi connectivity index (χ3n) is 4.91. The van der Waals surface area contributed by atoms with Crippen molar-refractivity contribution in [1.82, 2.24) is 14.4 Å². The molecule has 0 aromatic carbocycles. The van der Waals surface area contributed by atoms with Crippen molar-refractivity contribution in [1.29, 1.82) is 0 Å². The molecule has 1 saturated heterocycles. The molecule has 6 nitrogen and oxygen atoms in total. The van der Waals surface area contributed by atoms with E-state index in [1.165, 1.54) is 0 Å². The van der Waals surface area contributed by atoms with Gasteiger partial charge in [0.25, 0.3) is 5.91 Å². The molecule has 0 radical (unpaired) electrons. The van der Waals surface area contributed by atoms with E-state index in [4.69, 9.17) is 4.42 Å². The molecule has 0 saturated carbocycles. The first-order valence-corrected chi connectivity index (χ1v) is 8.38. The zero-order chi connectivity index (χ0) is 17.1. The van der Waals surface area contributed by atoms with Crippen molar-refractivity contribution in [2.75, 3.05) is 26.2 Å². The number of amides is 1. The van der Waals surface area contributed by atoms with Crippen molar-refractivity contribution >= 4 is 5.91 Å². The molecule has 0 aliphatic carbocycles. The van der Waals surface area contributed by atoms with Gasteiger partial charge in [-0.1, -0.05) is 0 Å². The molecule has 1 aliphatic rings. The molecule has 1 aliphatic heterocycles. The van der Waals surface area contributed by atoms with E-state index in [0.717, 1.165) is 23.6 Å². The van der Waals surface area contributed by atoms with Gasteiger partial charge in [-0.05, 0) is 31.5 Å². The highest BCUT2D eigenvalue weighted by atomic mass is 16.3. The Balaban J connectivity index is 1.70. The van der Waals surface area contributed by atoms with Gasteiger partial charge in [0.15, 0.2) is 0 Å². The van der Waals surface area contributed by atoms with Gasteiger partial charge in [0, 0.05) is 51.2 Å². The van der Waals surface area contributed by atoms with Crippen LogP contribution in [-0.4, -0.2) is 57.7 Å². The van der Waals surface area contributed by atoms with Crippen LogP contribution in [0.15, 0.2) is 35.1 Å². The van der Waals surface area contributed by atoms with Crippen molar-refractivity contribution in [3.63, 3.8) is 0 Å². The predicted molar refractivity (Wildman–Crippen MR) is 90.7 cm³/mol. The summed E-state index contributed by atoms with van der Waals surface area (Å²) in [6.45, 7) is 4.90. The first kappa shape index (κ1) is 16.8. The molecule has 1 amide bonds. The number of furan rings is 1. The zero-order valence-corrected chi connectivity index (χ0v) is 14.3. The van der Waals surface area contributed by atoms with Gasteiger partial charge in [-0.3, -0.25) is 9.69 Å². The fraction of sp³-hybridized carbons (Fsp3) is 0.500. The van der Waals surface area contributed by atoms with E-state index in [-0.39, 0.29) is 18.6 Å². The number of aliphatic hydroxyl groups is 1. The lowest BCUT2D eigenvalue weighted by molar-refractivity contribution is 0.0372. The minimum Gasteiger partial charge on any atom is -0.468 e. The Hall–Kier alpha value is -2.05. The van der Waals surface area contributed by atoms with Crippen molar-refractivity contribution in [3.05, 3.63) is 47.7 Å². The molecule has 2 aromatic heterocycles. The molecule has 3 heterocycles. The molecule has 1 atom stereocenters. The average Bonchev–Trinajstić information content (AvgIpc) is 3.20. The van der Waals surface area contributed by atoms with Crippen LogP contribution in [0.2, 0.25) is 0 Å². The second-order valence-electron chi connectivity index (χ2n) is 6.39. The summed E-state index contributed by atoms with van der Waals surface area (Å²) in [6, 6.07) is 5.87. The number of aromatic nitrogens is 1. The van der Waals surface area contributed by atoms with E-state index < -0.39 is 0 Å². The third-order valence-corrected chi connectivity index (χ3v) is 4.91. The monoisotopic (exact) mass is 331 g/mol. The second kappa shape index (κ2) is 7.23. The number of carbonyl (C=O) groups is 1. The lowest BCUT2D eigenvalue weighted by atomic mass is 10.1. The highest BCUT2D eigenvalue weighted by Gasteiger charge is 2.30. The van der Waals surface area contributed by atoms with Crippen LogP contribution >= 0.6 is 0 Å². The zero-order valence-electron chi connectivity index (χ0n) is 14.3. The van der Waals surface area contributed by atoms with Crippen LogP contribution < -0.4 is 0 Å². The molecule has 3 rings (SSSR count). The number of aryl methyl sites for hydroxylation is 1. The van der Waals surface area contributed by atoms with Gasteiger partial charge >= 0.3 is 0 Å². The van der Waals surface area contributed by atoms with Gasteiger partial charge in [-0.2, -0.15) is 0 Å². The number of hydrogen-bond acceptors (Lipinski definition) is 4. The van der Waals surface area contributed by atoms with E-state index in [2.05, 4.69) is 4.90 Å². The number of piperazine rings is 1. The summed E-state index contributed by atoms with van der Waals surface area (Å²) < 4.78 is 7.40. The van der Waals surface area contributed by atoms with Crippen LogP contribution in [0, 0.1) is 6.92 Å². The van der Waals surface area contributed by atoms with E-state index in [1.807, 2.05) is 47.8 Å². The van der Waals surface area contributed by atoms with Crippen LogP contribution in [0.1, 0.15) is 28.2 Å². The Morgan fingerprint density at radius 1 is 1.38 bits per heavy atom. The van der Waals surface area contributed by atoms with Gasteiger partial charge in [0.2, 0.25) is 0 Å². The highest BCUT2D eigenvalue weighted by Crippen LogP contribution is 2.20. The summed E-state index contributed by atoms with van der Waals surface area (Å²) in [5, 5.41) is 9.39. The first-order chi connectivity index (χ1) is 11.6. The standard InChI is InChI=1S/C18H25N3O3/c1-14-17(5-7-19(14)2)18(23)21-9-8-20(15(12-21)6-10-22)13-16-4-3-11-24-16/h3-5,7,11,15,22H,6,8-10,12-13H2,1-2H3/t15-/m1/s1. The van der Waals surface area contributed by atoms with Gasteiger partial charge in [0.05, 0.1) is 18.4 Å². The number of rotatable bonds is 5. The number of nitrogens with zero attached hydrogens (tertiary/aromatic N) is 3. The van der Waals surface area contributed by atoms with Crippen molar-refractivity contribution < 1.29 is 14.3 Å². The fourth-order valence-electron chi connectivity index (χ4n) is 3.32. The Kier molecular flexibility index (Phi) is 5.06. The summed E-state index contributed by atoms with van der Waals surface area (Å²) in [4.78, 5) is 17.0. The lowest BCUT2D eigenvalue weighted by Gasteiger charge is -2.41. The highest BCUT2D eigenvalue weighted by molar-refractivity contribution is 5.95. The van der Waals surface area contributed by atoms with Crippen LogP contribution in [-0.2, 0) is 13.6 Å². The maximum atomic E-state index is 12.8. The van der Waals surface area contributed by atoms with Gasteiger partial charge in [0.1, 0.15) is 5.76 Å². The Labute approximate surface area is 142 Å². The minimum atomic E-state index is 0.0775. The third kappa shape index (κ3) is 3.39. The van der Waals surface area contributed by atoms with E-state index in [1.54, 1.807) is 6.26 Å². The van der Waals surface area contributed by atoms with E-state index in [9.17, 15) is 9.90 Å². The Morgan fingerprint density at radius 3 is 2.83 bits per heavy atom. The summed E-state index contributed by atoms with van der Waals surface area (Å²) >= 11 is 0. The summed E-state index contributed by atoms with van der Waals surface area (Å²) in [5.41, 5.74) is 1.75. The number of aliphatic hydroxyl groups excluding tert-OH is 1. The molecule has 6 heteroatoms. The van der Waals surface area contributed by atoms with Crippen LogP contribution in [0.5, 0.6) is 0 Å². The van der Waals surface area contributed by atoms with Crippen LogP contribution in [0.25, 0.3) is 0 Å². The molecular formula is C18H25N3O3. The molecule has 1 N–H and O–H groups in total. The predicted octanol–water partition coefficient (Wildman–Crippen LogP) is 1.64. The maximum Gasteiger partial charge on any atom is 0.255 e. The lowest BCUT2D eigenvalue weighted by Crippen LogP contribution is -2.54. The largest absolute Gasteiger partial charge is 0.468 e. The van der Waals surface area contributed by atoms with E-state index in [0.29, 0.717) is 26.1 Å². The van der Waals surface area contributed by atoms with Crippen LogP contribution in [0.3, 0.4) is 0 Å². The number of carbonyl (C=O) groups excluding carboxylic acids is 1. The Morgan fingerprint density at radius 2 is 2.21 bits per heavy atom. The van der Waals surface area contributed by atoms with Crippen molar-refractivity contribution in [2.45, 2.75) is 25.9 Å². The Bertz CT molecular complexity index is 678. The van der Waals surface area contributed by atoms with Crippen molar-refractivity contribution in [2.24, 2.45) is 7.05 Å². The SMILES string of the molecule is Cc1c(C(=O)N2CCN(Cc3ccco3)[C@H](CCO)C2)ccn1C. The summed E-state index contributed by atoms with van der Waals surface area (Å²) in [5.74, 6) is 0.991. The summed E-state index contributed by atoms with van der Waals surface area (Å²) in [6.07, 6.45) is 4.24. The molecule has 130 valence electrons. The summed E-state index contributed by atoms with van der Waals surface area (Å²) in [7, 11) is 1.95. The minimum absolute atomic E-state index is 0.0775. The molecular weight excluding hydrogens is 306 g/mol. The van der Waals surface area contributed by atoms with E-state index >= 15 is 0 Å². The molecule has 0 unspecified atom stereocenters. The molecule has 1 fully saturated rings. The molecule has 0 bridgehead atoms. The second-order valence-corrected chi connectivity index (χ2v) is 6.39. The van der Waals surface area contributed by atoms with Gasteiger partial charge in [-0.25, -0.2) is 0 Å². The number of hydrogen-bond donors (Lipinski definition) is 1. The molecule has 24 heavy (non-hydrogen) atoms. The maximum absolute atomic E-state index is 12.8. The normalized spacial score (nSPS) is 19.0. The van der Waals surface area contributed by atoms with Crippen LogP contribution in [0.4, 0.5) is 0 Å². The molecule has 2 aromatic rings. The van der Waals surface area contributed by atoms with Gasteiger partial charge < -0.3 is 19.0 Å².